The Morgan fingerprint density at radius 1 is 0.943 bits per heavy atom. The minimum atomic E-state index is -0.434. The molecule has 0 aromatic heterocycles. The molecule has 1 atom stereocenters. The summed E-state index contributed by atoms with van der Waals surface area (Å²) in [5, 5.41) is 5.76. The SMILES string of the molecule is CCOc1ccc(NC(=O)N2CC(=O)N(CC(=O)NC(C)c3ccccc3)c3ccccc32)cc1. The Hall–Kier alpha value is -4.33. The van der Waals surface area contributed by atoms with Crippen LogP contribution >= 0.6 is 0 Å². The number of para-hydroxylation sites is 2. The van der Waals surface area contributed by atoms with Crippen molar-refractivity contribution in [2.75, 3.05) is 34.8 Å². The van der Waals surface area contributed by atoms with E-state index in [2.05, 4.69) is 10.6 Å². The standard InChI is InChI=1S/C27H28N4O4/c1-3-35-22-15-13-21(14-16-22)29-27(34)31-18-26(33)30(23-11-7-8-12-24(23)31)17-25(32)28-19(2)20-9-5-4-6-10-20/h4-16,19H,3,17-18H2,1-2H3,(H,28,32)(H,29,34). The van der Waals surface area contributed by atoms with Gasteiger partial charge in [-0.3, -0.25) is 19.4 Å². The van der Waals surface area contributed by atoms with Crippen LogP contribution in [0.2, 0.25) is 0 Å². The van der Waals surface area contributed by atoms with Gasteiger partial charge >= 0.3 is 6.03 Å². The van der Waals surface area contributed by atoms with Gasteiger partial charge in [0.2, 0.25) is 11.8 Å². The lowest BCUT2D eigenvalue weighted by atomic mass is 10.1. The number of hydrogen-bond donors (Lipinski definition) is 2. The van der Waals surface area contributed by atoms with Crippen molar-refractivity contribution in [3.63, 3.8) is 0 Å². The minimum absolute atomic E-state index is 0.138. The summed E-state index contributed by atoms with van der Waals surface area (Å²) in [6, 6.07) is 23.1. The number of benzene rings is 3. The summed E-state index contributed by atoms with van der Waals surface area (Å²) in [5.41, 5.74) is 2.62. The molecule has 0 radical (unpaired) electrons. The number of carbonyl (C=O) groups is 3. The Bertz CT molecular complexity index is 1200. The molecule has 180 valence electrons. The molecule has 4 amide bonds. The Balaban J connectivity index is 1.47. The maximum atomic E-state index is 13.1. The summed E-state index contributed by atoms with van der Waals surface area (Å²) < 4.78 is 5.43. The molecule has 35 heavy (non-hydrogen) atoms. The summed E-state index contributed by atoms with van der Waals surface area (Å²) in [6.45, 7) is 4.03. The van der Waals surface area contributed by atoms with Crippen LogP contribution in [0.3, 0.4) is 0 Å². The molecule has 0 aliphatic carbocycles. The fraction of sp³-hybridized carbons (Fsp3) is 0.222. The molecule has 1 aliphatic heterocycles. The van der Waals surface area contributed by atoms with Gasteiger partial charge in [0.05, 0.1) is 24.0 Å². The minimum Gasteiger partial charge on any atom is -0.494 e. The molecule has 0 spiro atoms. The van der Waals surface area contributed by atoms with E-state index >= 15 is 0 Å². The van der Waals surface area contributed by atoms with Crippen LogP contribution in [-0.2, 0) is 9.59 Å². The first-order valence-electron chi connectivity index (χ1n) is 11.5. The third-order valence-corrected chi connectivity index (χ3v) is 5.70. The second-order valence-corrected chi connectivity index (χ2v) is 8.14. The molecule has 8 nitrogen and oxygen atoms in total. The van der Waals surface area contributed by atoms with E-state index < -0.39 is 6.03 Å². The van der Waals surface area contributed by atoms with Crippen molar-refractivity contribution in [2.45, 2.75) is 19.9 Å². The molecule has 8 heteroatoms. The fourth-order valence-electron chi connectivity index (χ4n) is 3.96. The van der Waals surface area contributed by atoms with Crippen LogP contribution in [0.4, 0.5) is 21.9 Å². The van der Waals surface area contributed by atoms with Crippen molar-refractivity contribution in [2.24, 2.45) is 0 Å². The quantitative estimate of drug-likeness (QED) is 0.535. The van der Waals surface area contributed by atoms with E-state index in [0.29, 0.717) is 29.4 Å². The highest BCUT2D eigenvalue weighted by atomic mass is 16.5. The molecule has 2 N–H and O–H groups in total. The van der Waals surface area contributed by atoms with Crippen molar-refractivity contribution in [3.8, 4) is 5.75 Å². The number of rotatable bonds is 7. The highest BCUT2D eigenvalue weighted by Gasteiger charge is 2.33. The Morgan fingerprint density at radius 3 is 2.29 bits per heavy atom. The molecule has 0 saturated carbocycles. The lowest BCUT2D eigenvalue weighted by molar-refractivity contribution is -0.123. The number of hydrogen-bond acceptors (Lipinski definition) is 4. The predicted molar refractivity (Wildman–Crippen MR) is 136 cm³/mol. The van der Waals surface area contributed by atoms with Gasteiger partial charge in [0, 0.05) is 5.69 Å². The molecule has 0 fully saturated rings. The smallest absolute Gasteiger partial charge is 0.326 e. The second-order valence-electron chi connectivity index (χ2n) is 8.14. The van der Waals surface area contributed by atoms with E-state index in [4.69, 9.17) is 4.74 Å². The summed E-state index contributed by atoms with van der Waals surface area (Å²) in [5.74, 6) is 0.0874. The van der Waals surface area contributed by atoms with Gasteiger partial charge in [0.1, 0.15) is 18.8 Å². The third-order valence-electron chi connectivity index (χ3n) is 5.70. The Kier molecular flexibility index (Phi) is 7.30. The zero-order chi connectivity index (χ0) is 24.8. The average Bonchev–Trinajstić information content (AvgIpc) is 2.87. The highest BCUT2D eigenvalue weighted by molar-refractivity contribution is 6.15. The number of amides is 4. The maximum Gasteiger partial charge on any atom is 0.326 e. The van der Waals surface area contributed by atoms with Gasteiger partial charge in [-0.25, -0.2) is 4.79 Å². The van der Waals surface area contributed by atoms with Gasteiger partial charge in [0.15, 0.2) is 0 Å². The molecular formula is C27H28N4O4. The van der Waals surface area contributed by atoms with Crippen LogP contribution < -0.4 is 25.2 Å². The molecule has 1 aliphatic rings. The second kappa shape index (κ2) is 10.7. The van der Waals surface area contributed by atoms with Gasteiger partial charge in [-0.1, -0.05) is 42.5 Å². The van der Waals surface area contributed by atoms with Crippen LogP contribution in [0.1, 0.15) is 25.5 Å². The first kappa shape index (κ1) is 23.8. The van der Waals surface area contributed by atoms with E-state index in [0.717, 1.165) is 5.56 Å². The Morgan fingerprint density at radius 2 is 1.60 bits per heavy atom. The van der Waals surface area contributed by atoms with Crippen LogP contribution in [0.15, 0.2) is 78.9 Å². The highest BCUT2D eigenvalue weighted by Crippen LogP contribution is 2.33. The molecule has 0 bridgehead atoms. The molecule has 3 aromatic carbocycles. The number of fused-ring (bicyclic) bond motifs is 1. The Labute approximate surface area is 204 Å². The fourth-order valence-corrected chi connectivity index (χ4v) is 3.96. The number of nitrogens with zero attached hydrogens (tertiary/aromatic N) is 2. The zero-order valence-electron chi connectivity index (χ0n) is 19.7. The van der Waals surface area contributed by atoms with Crippen LogP contribution in [0.25, 0.3) is 0 Å². The topological polar surface area (TPSA) is 91.0 Å². The van der Waals surface area contributed by atoms with Gasteiger partial charge in [-0.2, -0.15) is 0 Å². The third kappa shape index (κ3) is 5.60. The van der Waals surface area contributed by atoms with Gasteiger partial charge < -0.3 is 15.4 Å². The van der Waals surface area contributed by atoms with E-state index in [-0.39, 0.29) is 30.9 Å². The first-order valence-corrected chi connectivity index (χ1v) is 11.5. The summed E-state index contributed by atoms with van der Waals surface area (Å²) in [6.07, 6.45) is 0. The van der Waals surface area contributed by atoms with Gasteiger partial charge in [-0.05, 0) is 55.8 Å². The number of anilines is 3. The van der Waals surface area contributed by atoms with Crippen molar-refractivity contribution in [1.82, 2.24) is 5.32 Å². The van der Waals surface area contributed by atoms with Crippen molar-refractivity contribution >= 4 is 34.9 Å². The van der Waals surface area contributed by atoms with Crippen LogP contribution in [-0.4, -0.2) is 37.5 Å². The van der Waals surface area contributed by atoms with Gasteiger partial charge in [-0.15, -0.1) is 0 Å². The van der Waals surface area contributed by atoms with Crippen LogP contribution in [0, 0.1) is 0 Å². The number of nitrogens with one attached hydrogen (secondary N) is 2. The number of carbonyl (C=O) groups excluding carboxylic acids is 3. The molecule has 0 saturated heterocycles. The van der Waals surface area contributed by atoms with E-state index in [1.165, 1.54) is 9.80 Å². The largest absolute Gasteiger partial charge is 0.494 e. The summed E-state index contributed by atoms with van der Waals surface area (Å²) in [4.78, 5) is 41.7. The lowest BCUT2D eigenvalue weighted by Crippen LogP contribution is -2.52. The number of ether oxygens (including phenoxy) is 1. The zero-order valence-corrected chi connectivity index (χ0v) is 19.7. The first-order chi connectivity index (χ1) is 17.0. The number of urea groups is 1. The van der Waals surface area contributed by atoms with Crippen molar-refractivity contribution in [3.05, 3.63) is 84.4 Å². The summed E-state index contributed by atoms with van der Waals surface area (Å²) >= 11 is 0. The predicted octanol–water partition coefficient (Wildman–Crippen LogP) is 4.35. The van der Waals surface area contributed by atoms with Crippen molar-refractivity contribution in [1.29, 1.82) is 0 Å². The molecule has 1 heterocycles. The molecule has 3 aromatic rings. The van der Waals surface area contributed by atoms with E-state index in [9.17, 15) is 14.4 Å². The molecule has 4 rings (SSSR count). The monoisotopic (exact) mass is 472 g/mol. The lowest BCUT2D eigenvalue weighted by Gasteiger charge is -2.35. The molecule has 1 unspecified atom stereocenters. The van der Waals surface area contributed by atoms with Gasteiger partial charge in [0.25, 0.3) is 0 Å². The maximum absolute atomic E-state index is 13.1. The summed E-state index contributed by atoms with van der Waals surface area (Å²) in [7, 11) is 0. The van der Waals surface area contributed by atoms with Crippen LogP contribution in [0.5, 0.6) is 5.75 Å². The van der Waals surface area contributed by atoms with E-state index in [1.807, 2.05) is 44.2 Å². The normalized spacial score (nSPS) is 13.6. The average molecular weight is 473 g/mol. The van der Waals surface area contributed by atoms with E-state index in [1.54, 1.807) is 48.5 Å². The van der Waals surface area contributed by atoms with Crippen molar-refractivity contribution < 1.29 is 19.1 Å². The molecular weight excluding hydrogens is 444 g/mol.